The fourth-order valence-corrected chi connectivity index (χ4v) is 5.41. The van der Waals surface area contributed by atoms with Crippen LogP contribution in [0.25, 0.3) is 11.0 Å². The van der Waals surface area contributed by atoms with E-state index in [4.69, 9.17) is 9.47 Å². The maximum absolute atomic E-state index is 13.0. The molecule has 10 heteroatoms. The van der Waals surface area contributed by atoms with Gasteiger partial charge in [0, 0.05) is 45.2 Å². The average Bonchev–Trinajstić information content (AvgIpc) is 3.18. The summed E-state index contributed by atoms with van der Waals surface area (Å²) in [6.45, 7) is 4.59. The number of nitrogens with zero attached hydrogens (tertiary/aromatic N) is 4. The van der Waals surface area contributed by atoms with Crippen molar-refractivity contribution < 1.29 is 19.1 Å². The molecule has 2 fully saturated rings. The number of imide groups is 1. The summed E-state index contributed by atoms with van der Waals surface area (Å²) in [6.07, 6.45) is 0.629. The van der Waals surface area contributed by atoms with Crippen LogP contribution in [0, 0.1) is 11.8 Å². The molecule has 2 aliphatic heterocycles. The molecule has 2 amide bonds. The van der Waals surface area contributed by atoms with Gasteiger partial charge in [0.15, 0.2) is 0 Å². The van der Waals surface area contributed by atoms with Crippen molar-refractivity contribution in [1.29, 1.82) is 0 Å². The van der Waals surface area contributed by atoms with Crippen molar-refractivity contribution in [1.82, 2.24) is 24.3 Å². The number of hydrogen-bond acceptors (Lipinski definition) is 7. The molecule has 1 aromatic heterocycles. The first-order valence-electron chi connectivity index (χ1n) is 13.5. The van der Waals surface area contributed by atoms with E-state index in [0.717, 1.165) is 37.5 Å². The quantitative estimate of drug-likeness (QED) is 0.355. The zero-order valence-corrected chi connectivity index (χ0v) is 23.2. The topological polar surface area (TPSA) is 98.0 Å². The first kappa shape index (κ1) is 27.6. The molecule has 0 saturated carbocycles. The number of fused-ring (bicyclic) bond motifs is 1. The number of likely N-dealkylation sites (N-methyl/N-ethyl adjacent to an activating group) is 1. The van der Waals surface area contributed by atoms with Gasteiger partial charge in [-0.05, 0) is 49.4 Å². The Hall–Kier alpha value is -3.91. The second-order valence-corrected chi connectivity index (χ2v) is 10.5. The van der Waals surface area contributed by atoms with Gasteiger partial charge in [0.1, 0.15) is 11.8 Å². The van der Waals surface area contributed by atoms with E-state index in [2.05, 4.69) is 46.1 Å². The van der Waals surface area contributed by atoms with Gasteiger partial charge in [-0.1, -0.05) is 24.0 Å². The molecule has 1 unspecified atom stereocenters. The highest BCUT2D eigenvalue weighted by Gasteiger charge is 2.31. The van der Waals surface area contributed by atoms with Gasteiger partial charge in [0.05, 0.1) is 37.4 Å². The number of piperidine rings is 1. The Balaban J connectivity index is 1.20. The molecule has 2 aromatic carbocycles. The fourth-order valence-electron chi connectivity index (χ4n) is 5.41. The molecule has 0 spiro atoms. The van der Waals surface area contributed by atoms with E-state index in [-0.39, 0.29) is 24.1 Å². The zero-order valence-electron chi connectivity index (χ0n) is 23.2. The molecule has 0 bridgehead atoms. The Morgan fingerprint density at radius 2 is 1.93 bits per heavy atom. The largest absolute Gasteiger partial charge is 0.497 e. The molecule has 10 nitrogen and oxygen atoms in total. The van der Waals surface area contributed by atoms with Crippen molar-refractivity contribution in [2.75, 3.05) is 46.9 Å². The van der Waals surface area contributed by atoms with Gasteiger partial charge in [-0.3, -0.25) is 33.8 Å². The van der Waals surface area contributed by atoms with Gasteiger partial charge in [-0.2, -0.15) is 0 Å². The number of rotatable bonds is 7. The third kappa shape index (κ3) is 6.12. The summed E-state index contributed by atoms with van der Waals surface area (Å²) < 4.78 is 14.3. The summed E-state index contributed by atoms with van der Waals surface area (Å²) in [5.74, 6) is 6.62. The number of carbonyl (C=O) groups is 2. The highest BCUT2D eigenvalue weighted by atomic mass is 16.5. The van der Waals surface area contributed by atoms with Crippen LogP contribution >= 0.6 is 0 Å². The smallest absolute Gasteiger partial charge is 0.329 e. The van der Waals surface area contributed by atoms with Crippen molar-refractivity contribution in [3.05, 3.63) is 64.1 Å². The molecule has 2 saturated heterocycles. The number of nitrogens with one attached hydrogen (secondary N) is 1. The standard InChI is InChI=1S/C30H35N5O5/c1-32(18-22-6-9-23(39-3)10-7-22)19-24-20-34(15-16-40-24)14-4-5-21-8-11-25-27(17-21)33(2)30(38)35(25)26-12-13-28(36)31-29(26)37/h6-11,17,24,26H,12-16,18-20H2,1-3H3,(H,31,36,37)/t24-,26?/m1/s1. The molecule has 210 valence electrons. The van der Waals surface area contributed by atoms with Crippen LogP contribution in [0.3, 0.4) is 0 Å². The first-order valence-corrected chi connectivity index (χ1v) is 13.5. The Morgan fingerprint density at radius 1 is 1.12 bits per heavy atom. The second-order valence-electron chi connectivity index (χ2n) is 10.5. The van der Waals surface area contributed by atoms with E-state index in [1.165, 1.54) is 14.7 Å². The summed E-state index contributed by atoms with van der Waals surface area (Å²) in [4.78, 5) is 41.5. The van der Waals surface area contributed by atoms with Crippen LogP contribution in [0.4, 0.5) is 0 Å². The van der Waals surface area contributed by atoms with Gasteiger partial charge in [0.25, 0.3) is 0 Å². The lowest BCUT2D eigenvalue weighted by molar-refractivity contribution is -0.135. The third-order valence-electron chi connectivity index (χ3n) is 7.50. The monoisotopic (exact) mass is 545 g/mol. The number of imidazole rings is 1. The Kier molecular flexibility index (Phi) is 8.35. The van der Waals surface area contributed by atoms with Crippen LogP contribution in [0.15, 0.2) is 47.3 Å². The number of amides is 2. The summed E-state index contributed by atoms with van der Waals surface area (Å²) in [6, 6.07) is 13.0. The van der Waals surface area contributed by atoms with Crippen molar-refractivity contribution in [2.24, 2.45) is 7.05 Å². The Labute approximate surface area is 233 Å². The Bertz CT molecular complexity index is 1510. The molecule has 3 heterocycles. The molecule has 1 N–H and O–H groups in total. The van der Waals surface area contributed by atoms with E-state index < -0.39 is 11.9 Å². The van der Waals surface area contributed by atoms with Crippen LogP contribution in [0.5, 0.6) is 5.75 Å². The maximum atomic E-state index is 13.0. The Morgan fingerprint density at radius 3 is 2.67 bits per heavy atom. The van der Waals surface area contributed by atoms with Crippen molar-refractivity contribution >= 4 is 22.8 Å². The minimum absolute atomic E-state index is 0.108. The number of aromatic nitrogens is 2. The van der Waals surface area contributed by atoms with Crippen LogP contribution in [0.1, 0.15) is 30.0 Å². The van der Waals surface area contributed by atoms with Gasteiger partial charge in [-0.15, -0.1) is 0 Å². The van der Waals surface area contributed by atoms with Crippen LogP contribution < -0.4 is 15.7 Å². The van der Waals surface area contributed by atoms with E-state index in [1.54, 1.807) is 14.2 Å². The minimum Gasteiger partial charge on any atom is -0.497 e. The summed E-state index contributed by atoms with van der Waals surface area (Å²) in [7, 11) is 5.45. The number of ether oxygens (including phenoxy) is 2. The number of morpholine rings is 1. The molecule has 2 aliphatic rings. The van der Waals surface area contributed by atoms with Crippen LogP contribution in [-0.2, 0) is 27.9 Å². The predicted molar refractivity (Wildman–Crippen MR) is 151 cm³/mol. The van der Waals surface area contributed by atoms with Crippen molar-refractivity contribution in [2.45, 2.75) is 31.5 Å². The van der Waals surface area contributed by atoms with E-state index in [0.29, 0.717) is 30.6 Å². The summed E-state index contributed by atoms with van der Waals surface area (Å²) in [5, 5.41) is 2.34. The SMILES string of the molecule is COc1ccc(CN(C)C[C@@H]2CN(CC#Cc3ccc4c(c3)n(C)c(=O)n4C3CCC(=O)NC3=O)CCO2)cc1. The number of aryl methyl sites for hydroxylation is 1. The number of hydrogen-bond donors (Lipinski definition) is 1. The van der Waals surface area contributed by atoms with E-state index >= 15 is 0 Å². The van der Waals surface area contributed by atoms with Crippen molar-refractivity contribution in [3.63, 3.8) is 0 Å². The maximum Gasteiger partial charge on any atom is 0.329 e. The highest BCUT2D eigenvalue weighted by molar-refractivity contribution is 6.00. The lowest BCUT2D eigenvalue weighted by Gasteiger charge is -2.33. The minimum atomic E-state index is -0.699. The lowest BCUT2D eigenvalue weighted by Crippen LogP contribution is -2.46. The molecular weight excluding hydrogens is 510 g/mol. The second kappa shape index (κ2) is 12.1. The molecule has 5 rings (SSSR count). The molecular formula is C30H35N5O5. The van der Waals surface area contributed by atoms with E-state index in [9.17, 15) is 14.4 Å². The molecule has 40 heavy (non-hydrogen) atoms. The first-order chi connectivity index (χ1) is 19.3. The summed E-state index contributed by atoms with van der Waals surface area (Å²) in [5.41, 5.74) is 3.09. The lowest BCUT2D eigenvalue weighted by atomic mass is 10.1. The highest BCUT2D eigenvalue weighted by Crippen LogP contribution is 2.23. The summed E-state index contributed by atoms with van der Waals surface area (Å²) >= 11 is 0. The van der Waals surface area contributed by atoms with Gasteiger partial charge >= 0.3 is 5.69 Å². The molecule has 0 aliphatic carbocycles. The van der Waals surface area contributed by atoms with Gasteiger partial charge in [0.2, 0.25) is 11.8 Å². The number of benzene rings is 2. The van der Waals surface area contributed by atoms with Gasteiger partial charge in [-0.25, -0.2) is 4.79 Å². The number of carbonyl (C=O) groups excluding carboxylic acids is 2. The third-order valence-corrected chi connectivity index (χ3v) is 7.50. The molecule has 2 atom stereocenters. The molecule has 3 aromatic rings. The van der Waals surface area contributed by atoms with Crippen LogP contribution in [-0.4, -0.2) is 83.8 Å². The van der Waals surface area contributed by atoms with Crippen molar-refractivity contribution in [3.8, 4) is 17.6 Å². The van der Waals surface area contributed by atoms with E-state index in [1.807, 2.05) is 30.3 Å². The molecule has 0 radical (unpaired) electrons. The fraction of sp³-hybridized carbons (Fsp3) is 0.433. The van der Waals surface area contributed by atoms with Crippen LogP contribution in [0.2, 0.25) is 0 Å². The number of methoxy groups -OCH3 is 1. The normalized spacial score (nSPS) is 19.9. The predicted octanol–water partition coefficient (Wildman–Crippen LogP) is 1.51. The average molecular weight is 546 g/mol. The zero-order chi connectivity index (χ0) is 28.2. The van der Waals surface area contributed by atoms with Gasteiger partial charge < -0.3 is 9.47 Å².